The van der Waals surface area contributed by atoms with Gasteiger partial charge in [0.15, 0.2) is 0 Å². The predicted molar refractivity (Wildman–Crippen MR) is 105 cm³/mol. The molecular formula is C20H22ClN3O2. The summed E-state index contributed by atoms with van der Waals surface area (Å²) in [7, 11) is 1.71. The molecule has 26 heavy (non-hydrogen) atoms. The van der Waals surface area contributed by atoms with E-state index < -0.39 is 11.7 Å². The molecule has 6 heteroatoms. The topological polar surface area (TPSA) is 61.4 Å². The van der Waals surface area contributed by atoms with Gasteiger partial charge < -0.3 is 5.32 Å². The van der Waals surface area contributed by atoms with E-state index in [2.05, 4.69) is 10.7 Å². The van der Waals surface area contributed by atoms with Crippen LogP contribution in [0.3, 0.4) is 0 Å². The third-order valence-corrected chi connectivity index (χ3v) is 4.01. The van der Waals surface area contributed by atoms with E-state index >= 15 is 0 Å². The molecule has 0 spiro atoms. The Morgan fingerprint density at radius 1 is 1.08 bits per heavy atom. The van der Waals surface area contributed by atoms with Crippen molar-refractivity contribution in [3.63, 3.8) is 0 Å². The first-order valence-corrected chi connectivity index (χ1v) is 8.77. The van der Waals surface area contributed by atoms with E-state index in [1.54, 1.807) is 36.3 Å². The molecular weight excluding hydrogens is 350 g/mol. The standard InChI is InChI=1S/C20H22ClN3O2/c1-3-13-23-20(26)17(19(25)16-11-7-8-12-18(16)21)14-24(22-2)15-9-5-4-6-10-15/h4-12,14,22H,3,13H2,1-2H3,(H,23,26)/b17-14-. The van der Waals surface area contributed by atoms with Crippen LogP contribution < -0.4 is 15.8 Å². The number of halogens is 1. The third-order valence-electron chi connectivity index (χ3n) is 3.68. The van der Waals surface area contributed by atoms with Gasteiger partial charge in [0.2, 0.25) is 5.78 Å². The fraction of sp³-hybridized carbons (Fsp3) is 0.200. The molecule has 0 aliphatic rings. The summed E-state index contributed by atoms with van der Waals surface area (Å²) in [4.78, 5) is 25.6. The highest BCUT2D eigenvalue weighted by Gasteiger charge is 2.23. The first-order valence-electron chi connectivity index (χ1n) is 8.39. The largest absolute Gasteiger partial charge is 0.352 e. The number of nitrogens with one attached hydrogen (secondary N) is 2. The van der Waals surface area contributed by atoms with E-state index in [1.165, 1.54) is 6.20 Å². The minimum absolute atomic E-state index is 0.00440. The van der Waals surface area contributed by atoms with Gasteiger partial charge in [-0.15, -0.1) is 0 Å². The number of carbonyl (C=O) groups excluding carboxylic acids is 2. The number of hydrogen-bond donors (Lipinski definition) is 2. The molecule has 2 N–H and O–H groups in total. The summed E-state index contributed by atoms with van der Waals surface area (Å²) in [6.45, 7) is 2.43. The summed E-state index contributed by atoms with van der Waals surface area (Å²) in [6, 6.07) is 16.1. The van der Waals surface area contributed by atoms with Crippen molar-refractivity contribution in [2.75, 3.05) is 18.6 Å². The number of Topliss-reactive ketones (excluding diaryl/α,β-unsaturated/α-hetero) is 1. The molecule has 0 fully saturated rings. The summed E-state index contributed by atoms with van der Waals surface area (Å²) in [5.74, 6) is -0.867. The molecule has 0 bridgehead atoms. The maximum atomic E-state index is 13.0. The van der Waals surface area contributed by atoms with Crippen molar-refractivity contribution in [3.8, 4) is 0 Å². The van der Waals surface area contributed by atoms with Crippen LogP contribution in [0.5, 0.6) is 0 Å². The summed E-state index contributed by atoms with van der Waals surface area (Å²) in [5, 5.41) is 4.69. The van der Waals surface area contributed by atoms with Crippen LogP contribution in [0.1, 0.15) is 23.7 Å². The zero-order valence-corrected chi connectivity index (χ0v) is 15.6. The molecule has 0 aliphatic heterocycles. The molecule has 0 unspecified atom stereocenters. The zero-order valence-electron chi connectivity index (χ0n) is 14.8. The first-order chi connectivity index (χ1) is 12.6. The molecule has 1 amide bonds. The van der Waals surface area contributed by atoms with Gasteiger partial charge in [0.1, 0.15) is 5.57 Å². The molecule has 2 rings (SSSR count). The molecule has 0 aliphatic carbocycles. The predicted octanol–water partition coefficient (Wildman–Crippen LogP) is 3.57. The maximum absolute atomic E-state index is 13.0. The average molecular weight is 372 g/mol. The second-order valence-corrected chi connectivity index (χ2v) is 5.94. The Hall–Kier alpha value is -2.63. The molecule has 2 aromatic rings. The van der Waals surface area contributed by atoms with Crippen LogP contribution in [0.4, 0.5) is 5.69 Å². The fourth-order valence-electron chi connectivity index (χ4n) is 2.33. The number of benzene rings is 2. The summed E-state index contributed by atoms with van der Waals surface area (Å²) in [6.07, 6.45) is 2.26. The third kappa shape index (κ3) is 4.94. The molecule has 5 nitrogen and oxygen atoms in total. The lowest BCUT2D eigenvalue weighted by atomic mass is 10.0. The Labute approximate surface area is 158 Å². The molecule has 0 saturated heterocycles. The van der Waals surface area contributed by atoms with E-state index in [-0.39, 0.29) is 11.1 Å². The Bertz CT molecular complexity index is 791. The van der Waals surface area contributed by atoms with Gasteiger partial charge in [0.25, 0.3) is 5.91 Å². The molecule has 0 radical (unpaired) electrons. The molecule has 0 heterocycles. The van der Waals surface area contributed by atoms with Gasteiger partial charge in [-0.3, -0.25) is 14.6 Å². The van der Waals surface area contributed by atoms with E-state index in [0.29, 0.717) is 11.6 Å². The van der Waals surface area contributed by atoms with Gasteiger partial charge in [-0.1, -0.05) is 48.9 Å². The normalized spacial score (nSPS) is 11.1. The van der Waals surface area contributed by atoms with Crippen LogP contribution in [0.25, 0.3) is 0 Å². The van der Waals surface area contributed by atoms with Crippen LogP contribution in [-0.2, 0) is 4.79 Å². The Balaban J connectivity index is 2.44. The van der Waals surface area contributed by atoms with Gasteiger partial charge in [-0.25, -0.2) is 5.43 Å². The van der Waals surface area contributed by atoms with Gasteiger partial charge in [0.05, 0.1) is 10.7 Å². The number of amides is 1. The zero-order chi connectivity index (χ0) is 18.9. The van der Waals surface area contributed by atoms with Crippen LogP contribution in [0, 0.1) is 0 Å². The van der Waals surface area contributed by atoms with Crippen molar-refractivity contribution in [1.29, 1.82) is 0 Å². The molecule has 0 aromatic heterocycles. The Morgan fingerprint density at radius 2 is 1.73 bits per heavy atom. The van der Waals surface area contributed by atoms with Crippen molar-refractivity contribution in [3.05, 3.63) is 77.0 Å². The monoisotopic (exact) mass is 371 g/mol. The summed E-state index contributed by atoms with van der Waals surface area (Å²) >= 11 is 6.15. The Kier molecular flexibility index (Phi) is 7.38. The first kappa shape index (κ1) is 19.7. The highest BCUT2D eigenvalue weighted by atomic mass is 35.5. The number of hydrogen-bond acceptors (Lipinski definition) is 4. The van der Waals surface area contributed by atoms with Gasteiger partial charge >= 0.3 is 0 Å². The lowest BCUT2D eigenvalue weighted by Gasteiger charge is -2.20. The van der Waals surface area contributed by atoms with Crippen LogP contribution in [0.2, 0.25) is 5.02 Å². The number of anilines is 1. The number of para-hydroxylation sites is 1. The summed E-state index contributed by atoms with van der Waals surface area (Å²) < 4.78 is 0. The SMILES string of the molecule is CCCNC(=O)/C(=C\N(NC)c1ccccc1)C(=O)c1ccccc1Cl. The van der Waals surface area contributed by atoms with Gasteiger partial charge in [-0.2, -0.15) is 0 Å². The minimum Gasteiger partial charge on any atom is -0.352 e. The number of rotatable bonds is 8. The summed E-state index contributed by atoms with van der Waals surface area (Å²) in [5.41, 5.74) is 4.06. The average Bonchev–Trinajstić information content (AvgIpc) is 2.67. The van der Waals surface area contributed by atoms with Crippen molar-refractivity contribution in [1.82, 2.24) is 10.7 Å². The van der Waals surface area contributed by atoms with Crippen molar-refractivity contribution < 1.29 is 9.59 Å². The molecule has 2 aromatic carbocycles. The van der Waals surface area contributed by atoms with Gasteiger partial charge in [-0.05, 0) is 30.7 Å². The molecule has 136 valence electrons. The van der Waals surface area contributed by atoms with Crippen LogP contribution >= 0.6 is 11.6 Å². The number of hydrazine groups is 1. The quantitative estimate of drug-likeness (QED) is 0.245. The van der Waals surface area contributed by atoms with Crippen molar-refractivity contribution >= 4 is 29.0 Å². The second kappa shape index (κ2) is 9.75. The highest BCUT2D eigenvalue weighted by Crippen LogP contribution is 2.20. The molecule has 0 saturated carbocycles. The van der Waals surface area contributed by atoms with E-state index in [9.17, 15) is 9.59 Å². The van der Waals surface area contributed by atoms with Crippen LogP contribution in [-0.4, -0.2) is 25.3 Å². The van der Waals surface area contributed by atoms with Gasteiger partial charge in [0, 0.05) is 25.4 Å². The maximum Gasteiger partial charge on any atom is 0.256 e. The number of ketones is 1. The highest BCUT2D eigenvalue weighted by molar-refractivity contribution is 6.37. The molecule has 0 atom stereocenters. The second-order valence-electron chi connectivity index (χ2n) is 5.54. The lowest BCUT2D eigenvalue weighted by molar-refractivity contribution is -0.117. The fourth-order valence-corrected chi connectivity index (χ4v) is 2.55. The number of nitrogens with zero attached hydrogens (tertiary/aromatic N) is 1. The lowest BCUT2D eigenvalue weighted by Crippen LogP contribution is -2.35. The van der Waals surface area contributed by atoms with Crippen LogP contribution in [0.15, 0.2) is 66.4 Å². The van der Waals surface area contributed by atoms with E-state index in [1.807, 2.05) is 37.3 Å². The smallest absolute Gasteiger partial charge is 0.256 e. The Morgan fingerprint density at radius 3 is 2.35 bits per heavy atom. The van der Waals surface area contributed by atoms with Crippen molar-refractivity contribution in [2.45, 2.75) is 13.3 Å². The van der Waals surface area contributed by atoms with E-state index in [4.69, 9.17) is 11.6 Å². The number of carbonyl (C=O) groups is 2. The van der Waals surface area contributed by atoms with Crippen molar-refractivity contribution in [2.24, 2.45) is 0 Å². The minimum atomic E-state index is -0.437. The van der Waals surface area contributed by atoms with E-state index in [0.717, 1.165) is 12.1 Å².